The Balaban J connectivity index is 2.37. The Bertz CT molecular complexity index is 926. The molecule has 0 saturated carbocycles. The van der Waals surface area contributed by atoms with Crippen LogP contribution >= 0.6 is 23.2 Å². The molecule has 0 spiro atoms. The van der Waals surface area contributed by atoms with Gasteiger partial charge in [0.2, 0.25) is 0 Å². The van der Waals surface area contributed by atoms with Crippen LogP contribution in [-0.4, -0.2) is 14.7 Å². The molecule has 7 heteroatoms. The number of pyridine rings is 2. The summed E-state index contributed by atoms with van der Waals surface area (Å²) < 4.78 is 15.5. The number of hydrogen-bond acceptors (Lipinski definition) is 3. The number of nitrogens with zero attached hydrogens (tertiary/aromatic N) is 2. The Labute approximate surface area is 134 Å². The quantitative estimate of drug-likeness (QED) is 0.726. The van der Waals surface area contributed by atoms with Gasteiger partial charge in [-0.05, 0) is 5.56 Å². The maximum atomic E-state index is 14.4. The van der Waals surface area contributed by atoms with Gasteiger partial charge in [0.25, 0.3) is 5.56 Å². The van der Waals surface area contributed by atoms with Gasteiger partial charge in [0.1, 0.15) is 10.9 Å². The van der Waals surface area contributed by atoms with Crippen LogP contribution in [0.4, 0.5) is 4.39 Å². The van der Waals surface area contributed by atoms with Gasteiger partial charge < -0.3 is 9.67 Å². The van der Waals surface area contributed by atoms with Crippen LogP contribution in [0.15, 0.2) is 41.2 Å². The first-order valence-electron chi connectivity index (χ1n) is 6.30. The Morgan fingerprint density at radius 3 is 2.55 bits per heavy atom. The van der Waals surface area contributed by atoms with E-state index in [9.17, 15) is 14.3 Å². The first-order valence-corrected chi connectivity index (χ1v) is 7.05. The fraction of sp³-hybridized carbons (Fsp3) is 0.0667. The molecule has 3 rings (SSSR count). The van der Waals surface area contributed by atoms with E-state index in [1.54, 1.807) is 24.3 Å². The molecule has 0 radical (unpaired) electrons. The van der Waals surface area contributed by atoms with Crippen LogP contribution in [0.5, 0.6) is 5.75 Å². The van der Waals surface area contributed by atoms with Crippen LogP contribution < -0.4 is 5.56 Å². The Morgan fingerprint density at radius 2 is 1.86 bits per heavy atom. The van der Waals surface area contributed by atoms with Gasteiger partial charge >= 0.3 is 0 Å². The van der Waals surface area contributed by atoms with Crippen LogP contribution in [0.3, 0.4) is 0 Å². The molecule has 0 aliphatic carbocycles. The third-order valence-corrected chi connectivity index (χ3v) is 3.79. The minimum Gasteiger partial charge on any atom is -0.507 e. The lowest BCUT2D eigenvalue weighted by Gasteiger charge is -2.13. The van der Waals surface area contributed by atoms with E-state index >= 15 is 0 Å². The van der Waals surface area contributed by atoms with Crippen molar-refractivity contribution in [3.8, 4) is 5.75 Å². The second kappa shape index (κ2) is 5.59. The molecule has 1 aromatic carbocycles. The monoisotopic (exact) mass is 338 g/mol. The number of fused-ring (bicyclic) bond motifs is 1. The van der Waals surface area contributed by atoms with E-state index in [1.807, 2.05) is 6.07 Å². The van der Waals surface area contributed by atoms with Crippen molar-refractivity contribution in [2.24, 2.45) is 0 Å². The molecule has 0 saturated heterocycles. The summed E-state index contributed by atoms with van der Waals surface area (Å²) in [4.78, 5) is 15.8. The van der Waals surface area contributed by atoms with E-state index in [4.69, 9.17) is 23.2 Å². The second-order valence-corrected chi connectivity index (χ2v) is 5.39. The first-order chi connectivity index (χ1) is 10.5. The van der Waals surface area contributed by atoms with Crippen molar-refractivity contribution >= 4 is 34.1 Å². The van der Waals surface area contributed by atoms with Gasteiger partial charge in [-0.15, -0.1) is 0 Å². The minimum absolute atomic E-state index is 0.0425. The predicted molar refractivity (Wildman–Crippen MR) is 83.2 cm³/mol. The van der Waals surface area contributed by atoms with Gasteiger partial charge in [0.15, 0.2) is 11.0 Å². The first kappa shape index (κ1) is 14.8. The number of halogens is 3. The molecule has 112 valence electrons. The zero-order valence-corrected chi connectivity index (χ0v) is 12.6. The van der Waals surface area contributed by atoms with E-state index in [1.165, 1.54) is 4.57 Å². The highest BCUT2D eigenvalue weighted by Crippen LogP contribution is 2.33. The summed E-state index contributed by atoms with van der Waals surface area (Å²) in [6.07, 6.45) is 0. The molecule has 2 aromatic heterocycles. The van der Waals surface area contributed by atoms with Gasteiger partial charge in [0.05, 0.1) is 17.4 Å². The van der Waals surface area contributed by atoms with Gasteiger partial charge in [-0.25, -0.2) is 9.37 Å². The van der Waals surface area contributed by atoms with Crippen LogP contribution in [-0.2, 0) is 6.54 Å². The van der Waals surface area contributed by atoms with E-state index < -0.39 is 22.3 Å². The normalized spacial score (nSPS) is 11.0. The third kappa shape index (κ3) is 2.42. The average molecular weight is 339 g/mol. The lowest BCUT2D eigenvalue weighted by molar-refractivity contribution is 0.478. The maximum Gasteiger partial charge on any atom is 0.255 e. The number of aromatic nitrogens is 2. The van der Waals surface area contributed by atoms with Gasteiger partial charge in [-0.3, -0.25) is 4.79 Å². The smallest absolute Gasteiger partial charge is 0.255 e. The van der Waals surface area contributed by atoms with Crippen molar-refractivity contribution in [3.05, 3.63) is 68.4 Å². The third-order valence-electron chi connectivity index (χ3n) is 3.26. The standard InChI is InChI=1S/C15H9Cl2FN2O2/c16-14-11-9(21)6-10(22)20(7-8-4-2-1-3-5-8)13(11)12(18)15(17)19-14/h1-6,21H,7H2. The predicted octanol–water partition coefficient (Wildman–Crippen LogP) is 3.60. The van der Waals surface area contributed by atoms with Crippen molar-refractivity contribution in [1.82, 2.24) is 9.55 Å². The van der Waals surface area contributed by atoms with Crippen LogP contribution in [0.1, 0.15) is 5.56 Å². The molecule has 0 aliphatic heterocycles. The maximum absolute atomic E-state index is 14.4. The van der Waals surface area contributed by atoms with Gasteiger partial charge in [-0.1, -0.05) is 53.5 Å². The van der Waals surface area contributed by atoms with Crippen LogP contribution in [0.2, 0.25) is 10.3 Å². The number of benzene rings is 1. The molecule has 0 amide bonds. The molecule has 22 heavy (non-hydrogen) atoms. The lowest BCUT2D eigenvalue weighted by atomic mass is 10.2. The molecular weight excluding hydrogens is 330 g/mol. The molecule has 1 N–H and O–H groups in total. The van der Waals surface area contributed by atoms with Crippen molar-refractivity contribution in [1.29, 1.82) is 0 Å². The SMILES string of the molecule is O=c1cc(O)c2c(Cl)nc(Cl)c(F)c2n1Cc1ccccc1. The van der Waals surface area contributed by atoms with Crippen molar-refractivity contribution in [2.45, 2.75) is 6.54 Å². The highest BCUT2D eigenvalue weighted by molar-refractivity contribution is 6.36. The van der Waals surface area contributed by atoms with E-state index in [0.29, 0.717) is 0 Å². The second-order valence-electron chi connectivity index (χ2n) is 4.67. The zero-order chi connectivity index (χ0) is 15.9. The minimum atomic E-state index is -0.898. The Morgan fingerprint density at radius 1 is 1.18 bits per heavy atom. The Hall–Kier alpha value is -2.11. The van der Waals surface area contributed by atoms with Gasteiger partial charge in [-0.2, -0.15) is 0 Å². The highest BCUT2D eigenvalue weighted by atomic mass is 35.5. The highest BCUT2D eigenvalue weighted by Gasteiger charge is 2.19. The van der Waals surface area contributed by atoms with Crippen LogP contribution in [0, 0.1) is 5.82 Å². The summed E-state index contributed by atoms with van der Waals surface area (Å²) in [5, 5.41) is 9.23. The lowest BCUT2D eigenvalue weighted by Crippen LogP contribution is -2.21. The molecule has 0 unspecified atom stereocenters. The van der Waals surface area contributed by atoms with E-state index in [2.05, 4.69) is 4.98 Å². The Kier molecular flexibility index (Phi) is 3.76. The van der Waals surface area contributed by atoms with Crippen LogP contribution in [0.25, 0.3) is 10.9 Å². The summed E-state index contributed by atoms with van der Waals surface area (Å²) >= 11 is 11.6. The summed E-state index contributed by atoms with van der Waals surface area (Å²) in [6, 6.07) is 10.0. The van der Waals surface area contributed by atoms with E-state index in [0.717, 1.165) is 11.6 Å². The molecule has 0 aliphatic rings. The summed E-state index contributed by atoms with van der Waals surface area (Å²) in [6.45, 7) is 0.115. The molecule has 2 heterocycles. The zero-order valence-electron chi connectivity index (χ0n) is 11.1. The molecule has 0 bridgehead atoms. The van der Waals surface area contributed by atoms with Crippen molar-refractivity contribution < 1.29 is 9.50 Å². The number of aromatic hydroxyl groups is 1. The van der Waals surface area contributed by atoms with Crippen molar-refractivity contribution in [3.63, 3.8) is 0 Å². The van der Waals surface area contributed by atoms with E-state index in [-0.39, 0.29) is 22.6 Å². The average Bonchev–Trinajstić information content (AvgIpc) is 2.48. The molecule has 0 fully saturated rings. The molecule has 3 aromatic rings. The molecular formula is C15H9Cl2FN2O2. The summed E-state index contributed by atoms with van der Waals surface area (Å²) in [5.74, 6) is -1.33. The number of hydrogen-bond donors (Lipinski definition) is 1. The number of rotatable bonds is 2. The fourth-order valence-corrected chi connectivity index (χ4v) is 2.77. The van der Waals surface area contributed by atoms with Gasteiger partial charge in [0, 0.05) is 6.07 Å². The largest absolute Gasteiger partial charge is 0.507 e. The summed E-state index contributed by atoms with van der Waals surface area (Å²) in [5.41, 5.74) is 0.0602. The fourth-order valence-electron chi connectivity index (χ4n) is 2.28. The summed E-state index contributed by atoms with van der Waals surface area (Å²) in [7, 11) is 0. The van der Waals surface area contributed by atoms with Crippen molar-refractivity contribution in [2.75, 3.05) is 0 Å². The molecule has 4 nitrogen and oxygen atoms in total. The topological polar surface area (TPSA) is 55.1 Å². The molecule has 0 atom stereocenters.